The van der Waals surface area contributed by atoms with Crippen molar-refractivity contribution in [2.75, 3.05) is 17.5 Å². The van der Waals surface area contributed by atoms with E-state index in [0.717, 1.165) is 5.56 Å². The zero-order valence-electron chi connectivity index (χ0n) is 17.9. The van der Waals surface area contributed by atoms with Crippen LogP contribution in [0.5, 0.6) is 11.5 Å². The lowest BCUT2D eigenvalue weighted by atomic mass is 10.2. The van der Waals surface area contributed by atoms with Crippen molar-refractivity contribution in [2.24, 2.45) is 0 Å². The van der Waals surface area contributed by atoms with Gasteiger partial charge in [0.25, 0.3) is 21.8 Å². The van der Waals surface area contributed by atoms with E-state index < -0.39 is 27.9 Å². The summed E-state index contributed by atoms with van der Waals surface area (Å²) in [5.41, 5.74) is 6.29. The lowest BCUT2D eigenvalue weighted by Gasteiger charge is -2.25. The van der Waals surface area contributed by atoms with Crippen LogP contribution in [-0.2, 0) is 21.2 Å². The molecule has 34 heavy (non-hydrogen) atoms. The van der Waals surface area contributed by atoms with E-state index in [1.54, 1.807) is 36.4 Å². The molecule has 0 spiro atoms. The summed E-state index contributed by atoms with van der Waals surface area (Å²) in [4.78, 5) is 25.0. The summed E-state index contributed by atoms with van der Waals surface area (Å²) >= 11 is 0. The van der Waals surface area contributed by atoms with Gasteiger partial charge in [-0.2, -0.15) is 0 Å². The second-order valence-electron chi connectivity index (χ2n) is 7.79. The van der Waals surface area contributed by atoms with Gasteiger partial charge >= 0.3 is 0 Å². The Morgan fingerprint density at radius 1 is 0.912 bits per heavy atom. The number of hydrogen-bond acceptors (Lipinski definition) is 6. The first kappa shape index (κ1) is 21.8. The van der Waals surface area contributed by atoms with E-state index in [4.69, 9.17) is 9.47 Å². The Balaban J connectivity index is 1.26. The number of anilines is 1. The van der Waals surface area contributed by atoms with Gasteiger partial charge in [0.05, 0.1) is 10.6 Å². The molecule has 2 aliphatic heterocycles. The van der Waals surface area contributed by atoms with Crippen molar-refractivity contribution in [1.82, 2.24) is 10.9 Å². The number of hydrazine groups is 1. The highest BCUT2D eigenvalue weighted by atomic mass is 32.2. The second kappa shape index (κ2) is 8.71. The number of rotatable bonds is 4. The van der Waals surface area contributed by atoms with Crippen LogP contribution >= 0.6 is 0 Å². The number of nitrogens with one attached hydrogen (secondary N) is 2. The molecule has 2 heterocycles. The Kier molecular flexibility index (Phi) is 5.58. The van der Waals surface area contributed by atoms with E-state index in [1.807, 2.05) is 12.1 Å². The van der Waals surface area contributed by atoms with Crippen LogP contribution < -0.4 is 24.6 Å². The summed E-state index contributed by atoms with van der Waals surface area (Å²) in [6.45, 7) is 0.324. The topological polar surface area (TPSA) is 114 Å². The molecule has 2 amide bonds. The minimum Gasteiger partial charge on any atom is -0.485 e. The predicted octanol–water partition coefficient (Wildman–Crippen LogP) is 2.04. The van der Waals surface area contributed by atoms with Gasteiger partial charge in [0, 0.05) is 12.1 Å². The maximum absolute atomic E-state index is 13.2. The van der Waals surface area contributed by atoms with E-state index >= 15 is 0 Å². The third kappa shape index (κ3) is 4.03. The molecule has 1 unspecified atom stereocenters. The van der Waals surface area contributed by atoms with Crippen LogP contribution in [0.15, 0.2) is 77.7 Å². The van der Waals surface area contributed by atoms with Crippen molar-refractivity contribution in [3.8, 4) is 11.5 Å². The number of hydrogen-bond donors (Lipinski definition) is 2. The van der Waals surface area contributed by atoms with Gasteiger partial charge in [0.1, 0.15) is 6.61 Å². The van der Waals surface area contributed by atoms with Crippen molar-refractivity contribution in [3.05, 3.63) is 83.9 Å². The summed E-state index contributed by atoms with van der Waals surface area (Å²) in [6, 6.07) is 20.0. The number of nitrogens with zero attached hydrogens (tertiary/aromatic N) is 1. The normalized spacial score (nSPS) is 16.5. The standard InChI is InChI=1S/C24H21N3O6S/c28-23(25-26-24(29)22-15-32-20-10-3-4-11-21(20)33-22)17-7-5-8-18(14-17)34(30,31)27-13-12-16-6-1-2-9-19(16)27/h1-11,14,22H,12-13,15H2,(H,25,28)(H,26,29). The fraction of sp³-hybridized carbons (Fsp3) is 0.167. The number of para-hydroxylation sites is 3. The molecule has 174 valence electrons. The van der Waals surface area contributed by atoms with Gasteiger partial charge < -0.3 is 9.47 Å². The van der Waals surface area contributed by atoms with E-state index in [0.29, 0.717) is 30.2 Å². The van der Waals surface area contributed by atoms with Crippen LogP contribution in [0.1, 0.15) is 15.9 Å². The zero-order chi connectivity index (χ0) is 23.7. The zero-order valence-corrected chi connectivity index (χ0v) is 18.7. The number of amides is 2. The Morgan fingerprint density at radius 2 is 1.68 bits per heavy atom. The van der Waals surface area contributed by atoms with Crippen LogP contribution in [0.25, 0.3) is 0 Å². The SMILES string of the molecule is O=C(NNC(=O)C1COc2ccccc2O1)c1cccc(S(=O)(=O)N2CCc3ccccc32)c1. The van der Waals surface area contributed by atoms with Crippen molar-refractivity contribution >= 4 is 27.5 Å². The van der Waals surface area contributed by atoms with Crippen molar-refractivity contribution in [1.29, 1.82) is 0 Å². The first-order chi connectivity index (χ1) is 16.4. The summed E-state index contributed by atoms with van der Waals surface area (Å²) in [5.74, 6) is -0.291. The molecule has 0 bridgehead atoms. The third-order valence-electron chi connectivity index (χ3n) is 5.63. The molecule has 0 fully saturated rings. The first-order valence-corrected chi connectivity index (χ1v) is 12.1. The smallest absolute Gasteiger partial charge is 0.283 e. The van der Waals surface area contributed by atoms with Crippen LogP contribution in [0, 0.1) is 0 Å². The largest absolute Gasteiger partial charge is 0.485 e. The lowest BCUT2D eigenvalue weighted by molar-refractivity contribution is -0.131. The number of sulfonamides is 1. The molecule has 2 aliphatic rings. The maximum Gasteiger partial charge on any atom is 0.283 e. The van der Waals surface area contributed by atoms with Crippen molar-refractivity contribution < 1.29 is 27.5 Å². The summed E-state index contributed by atoms with van der Waals surface area (Å²) < 4.78 is 38.9. The average molecular weight is 480 g/mol. The van der Waals surface area contributed by atoms with E-state index in [1.165, 1.54) is 28.6 Å². The molecule has 0 saturated carbocycles. The quantitative estimate of drug-likeness (QED) is 0.554. The maximum atomic E-state index is 13.2. The molecular weight excluding hydrogens is 458 g/mol. The molecule has 3 aromatic carbocycles. The highest BCUT2D eigenvalue weighted by molar-refractivity contribution is 7.92. The predicted molar refractivity (Wildman–Crippen MR) is 123 cm³/mol. The lowest BCUT2D eigenvalue weighted by Crippen LogP contribution is -2.50. The molecule has 0 radical (unpaired) electrons. The molecule has 2 N–H and O–H groups in total. The minimum atomic E-state index is -3.86. The molecule has 9 nitrogen and oxygen atoms in total. The number of benzene rings is 3. The van der Waals surface area contributed by atoms with Crippen LogP contribution in [0.2, 0.25) is 0 Å². The molecule has 5 rings (SSSR count). The fourth-order valence-corrected chi connectivity index (χ4v) is 5.45. The number of ether oxygens (including phenoxy) is 2. The minimum absolute atomic E-state index is 0.0102. The third-order valence-corrected chi connectivity index (χ3v) is 7.44. The molecule has 1 atom stereocenters. The Bertz CT molecular complexity index is 1370. The van der Waals surface area contributed by atoms with Gasteiger partial charge in [-0.05, 0) is 48.4 Å². The van der Waals surface area contributed by atoms with Gasteiger partial charge in [0.2, 0.25) is 6.10 Å². The monoisotopic (exact) mass is 479 g/mol. The highest BCUT2D eigenvalue weighted by Crippen LogP contribution is 2.33. The van der Waals surface area contributed by atoms with Crippen molar-refractivity contribution in [2.45, 2.75) is 17.4 Å². The summed E-state index contributed by atoms with van der Waals surface area (Å²) in [6.07, 6.45) is -0.323. The summed E-state index contributed by atoms with van der Waals surface area (Å²) in [5, 5.41) is 0. The number of carbonyl (C=O) groups is 2. The Hall–Kier alpha value is -4.05. The second-order valence-corrected chi connectivity index (χ2v) is 9.65. The number of carbonyl (C=O) groups excluding carboxylic acids is 2. The highest BCUT2D eigenvalue weighted by Gasteiger charge is 2.31. The van der Waals surface area contributed by atoms with E-state index in [9.17, 15) is 18.0 Å². The molecule has 10 heteroatoms. The van der Waals surface area contributed by atoms with Crippen molar-refractivity contribution in [3.63, 3.8) is 0 Å². The fourth-order valence-electron chi connectivity index (χ4n) is 3.90. The van der Waals surface area contributed by atoms with Gasteiger partial charge in [-0.25, -0.2) is 8.42 Å². The van der Waals surface area contributed by atoms with Crippen LogP contribution in [-0.4, -0.2) is 39.5 Å². The first-order valence-electron chi connectivity index (χ1n) is 10.6. The molecule has 0 aromatic heterocycles. The molecule has 3 aromatic rings. The number of fused-ring (bicyclic) bond motifs is 2. The van der Waals surface area contributed by atoms with Gasteiger partial charge in [0.15, 0.2) is 11.5 Å². The molecule has 0 saturated heterocycles. The van der Waals surface area contributed by atoms with Gasteiger partial charge in [-0.3, -0.25) is 24.7 Å². The van der Waals surface area contributed by atoms with Gasteiger partial charge in [-0.1, -0.05) is 36.4 Å². The Labute approximate surface area is 196 Å². The van der Waals surface area contributed by atoms with Gasteiger partial charge in [-0.15, -0.1) is 0 Å². The van der Waals surface area contributed by atoms with Crippen LogP contribution in [0.4, 0.5) is 5.69 Å². The summed E-state index contributed by atoms with van der Waals surface area (Å²) in [7, 11) is -3.86. The molecular formula is C24H21N3O6S. The average Bonchev–Trinajstić information content (AvgIpc) is 3.32. The molecule has 0 aliphatic carbocycles. The van der Waals surface area contributed by atoms with E-state index in [2.05, 4.69) is 10.9 Å². The Morgan fingerprint density at radius 3 is 2.53 bits per heavy atom. The van der Waals surface area contributed by atoms with Crippen LogP contribution in [0.3, 0.4) is 0 Å². The van der Waals surface area contributed by atoms with E-state index in [-0.39, 0.29) is 17.1 Å².